The van der Waals surface area contributed by atoms with E-state index in [-0.39, 0.29) is 34.1 Å². The first-order valence-electron chi connectivity index (χ1n) is 22.2. The average Bonchev–Trinajstić information content (AvgIpc) is 4.13. The maximum Gasteiger partial charge on any atom is 0.479 e. The minimum absolute atomic E-state index is 0.00707. The Morgan fingerprint density at radius 3 is 2.25 bits per heavy atom. The number of nitrogens with zero attached hydrogens (tertiary/aromatic N) is 9. The van der Waals surface area contributed by atoms with Crippen LogP contribution in [0.5, 0.6) is 0 Å². The molecule has 3 saturated heterocycles. The van der Waals surface area contributed by atoms with Crippen LogP contribution in [0.1, 0.15) is 25.1 Å². The maximum absolute atomic E-state index is 14.2. The van der Waals surface area contributed by atoms with Gasteiger partial charge in [-0.15, -0.1) is 0 Å². The molecule has 0 bridgehead atoms. The van der Waals surface area contributed by atoms with Gasteiger partial charge in [-0.05, 0) is 0 Å². The van der Waals surface area contributed by atoms with Gasteiger partial charge in [-0.2, -0.15) is 0 Å². The number of aliphatic hydroxyl groups is 3. The van der Waals surface area contributed by atoms with Gasteiger partial charge < -0.3 is 83.8 Å². The Labute approximate surface area is 424 Å². The second-order valence-electron chi connectivity index (χ2n) is 17.8. The summed E-state index contributed by atoms with van der Waals surface area (Å²) in [4.78, 5) is 118. The number of hydrogen-bond donors (Lipinski definition) is 10. The lowest BCUT2D eigenvalue weighted by Gasteiger charge is -2.35. The summed E-state index contributed by atoms with van der Waals surface area (Å²) in [6.07, 6.45) is -12.6. The lowest BCUT2D eigenvalue weighted by Crippen LogP contribution is -2.45. The molecule has 418 valence electrons. The smallest absolute Gasteiger partial charge is 0.479 e. The number of phosphoric acid groups is 1. The van der Waals surface area contributed by atoms with E-state index < -0.39 is 158 Å². The number of aromatic amines is 2. The van der Waals surface area contributed by atoms with E-state index in [4.69, 9.17) is 44.0 Å². The van der Waals surface area contributed by atoms with Gasteiger partial charge in [-0.3, -0.25) is 51.7 Å². The van der Waals surface area contributed by atoms with Crippen LogP contribution in [-0.4, -0.2) is 180 Å². The summed E-state index contributed by atoms with van der Waals surface area (Å²) in [6.45, 7) is -3.30. The number of carbonyl (C=O) groups is 1. The Balaban J connectivity index is 0.969. The first kappa shape index (κ1) is 57.2. The van der Waals surface area contributed by atoms with E-state index >= 15 is 0 Å². The SMILES string of the molecule is CO[C@@H]1[C@H](P(=O)([O-])OC[C@H]2O[C@@H](n3ccc(=O)[nH]c3=O)[C@H](O)[C@@H]2O)[C@@H](COP(=O)(O)OP(=O)(O)CP(=O)(O)OC[C@H]2OC([n+]3cn(C)c4c(=O)[nH]c(N)nc43)[C@H](O)[C@@H]2CC(=O)N(C)C)O[C@H]1n1cnc2c(N)ncnc21. The fourth-order valence-electron chi connectivity index (χ4n) is 8.87. The number of nitrogens with one attached hydrogen (secondary N) is 2. The van der Waals surface area contributed by atoms with Crippen molar-refractivity contribution in [2.45, 2.75) is 73.5 Å². The van der Waals surface area contributed by atoms with Crippen LogP contribution >= 0.6 is 30.6 Å². The molecule has 0 aromatic carbocycles. The van der Waals surface area contributed by atoms with Crippen LogP contribution in [0.4, 0.5) is 11.8 Å². The molecular formula is C36H51N13O23P4. The molecule has 5 aromatic heterocycles. The summed E-state index contributed by atoms with van der Waals surface area (Å²) < 4.78 is 102. The van der Waals surface area contributed by atoms with Crippen molar-refractivity contribution in [1.29, 1.82) is 0 Å². The van der Waals surface area contributed by atoms with Crippen LogP contribution in [0, 0.1) is 5.92 Å². The molecule has 8 heterocycles. The van der Waals surface area contributed by atoms with Crippen LogP contribution in [-0.2, 0) is 66.9 Å². The van der Waals surface area contributed by atoms with Crippen LogP contribution < -0.4 is 37.7 Å². The van der Waals surface area contributed by atoms with Crippen LogP contribution in [0.25, 0.3) is 22.3 Å². The lowest BCUT2D eigenvalue weighted by atomic mass is 9.94. The van der Waals surface area contributed by atoms with E-state index in [9.17, 15) is 72.3 Å². The Hall–Kier alpha value is -5.03. The number of carbonyl (C=O) groups excluding carboxylic acids is 1. The Bertz CT molecular complexity index is 3390. The monoisotopic (exact) mass is 1160 g/mol. The highest BCUT2D eigenvalue weighted by atomic mass is 31.3. The molecule has 5 aromatic rings. The predicted molar refractivity (Wildman–Crippen MR) is 249 cm³/mol. The number of nitrogen functional groups attached to an aromatic ring is 2. The van der Waals surface area contributed by atoms with E-state index in [1.54, 1.807) is 0 Å². The molecule has 5 unspecified atom stereocenters. The molecule has 40 heteroatoms. The molecule has 76 heavy (non-hydrogen) atoms. The zero-order valence-corrected chi connectivity index (χ0v) is 43.5. The quantitative estimate of drug-likeness (QED) is 0.0259. The summed E-state index contributed by atoms with van der Waals surface area (Å²) in [5, 5.41) is 33.0. The third-order valence-electron chi connectivity index (χ3n) is 12.4. The van der Waals surface area contributed by atoms with Gasteiger partial charge in [-0.25, -0.2) is 33.2 Å². The van der Waals surface area contributed by atoms with E-state index in [1.807, 2.05) is 4.98 Å². The molecule has 3 aliphatic rings. The highest BCUT2D eigenvalue weighted by Crippen LogP contribution is 2.67. The molecule has 0 radical (unpaired) electrons. The van der Waals surface area contributed by atoms with E-state index in [2.05, 4.69) is 29.2 Å². The van der Waals surface area contributed by atoms with Crippen molar-refractivity contribution < 1.29 is 99.3 Å². The molecule has 0 spiro atoms. The largest absolute Gasteiger partial charge is 0.778 e. The summed E-state index contributed by atoms with van der Waals surface area (Å²) in [7, 11) is -17.2. The molecule has 3 aliphatic heterocycles. The molecule has 16 atom stereocenters. The number of imidazole rings is 2. The number of phosphoric ester groups is 1. The molecule has 36 nitrogen and oxygen atoms in total. The Kier molecular flexibility index (Phi) is 16.3. The summed E-state index contributed by atoms with van der Waals surface area (Å²) in [6, 6.07) is 0.919. The summed E-state index contributed by atoms with van der Waals surface area (Å²) in [5.41, 5.74) is 7.10. The number of ether oxygens (including phenoxy) is 4. The van der Waals surface area contributed by atoms with Crippen LogP contribution in [0.15, 0.2) is 45.6 Å². The van der Waals surface area contributed by atoms with Gasteiger partial charge in [0.1, 0.15) is 50.0 Å². The van der Waals surface area contributed by atoms with Gasteiger partial charge in [0.2, 0.25) is 17.7 Å². The van der Waals surface area contributed by atoms with E-state index in [1.165, 1.54) is 41.5 Å². The molecule has 0 saturated carbocycles. The van der Waals surface area contributed by atoms with Crippen molar-refractivity contribution in [3.05, 3.63) is 62.4 Å². The normalized spacial score (nSPS) is 30.0. The Morgan fingerprint density at radius 1 is 0.882 bits per heavy atom. The number of nitrogens with two attached hydrogens (primary N) is 2. The van der Waals surface area contributed by atoms with Crippen molar-refractivity contribution in [3.63, 3.8) is 0 Å². The Morgan fingerprint density at radius 2 is 1.57 bits per heavy atom. The molecular weight excluding hydrogens is 1110 g/mol. The lowest BCUT2D eigenvalue weighted by molar-refractivity contribution is -0.745. The first-order valence-corrected chi connectivity index (χ1v) is 28.8. The number of rotatable bonds is 20. The number of H-pyrrole nitrogens is 2. The van der Waals surface area contributed by atoms with Crippen molar-refractivity contribution >= 4 is 70.6 Å². The van der Waals surface area contributed by atoms with Crippen molar-refractivity contribution in [3.8, 4) is 0 Å². The fourth-order valence-corrected chi connectivity index (χ4v) is 15.6. The number of hydrogen-bond acceptors (Lipinski definition) is 26. The van der Waals surface area contributed by atoms with Gasteiger partial charge in [0.05, 0.1) is 51.1 Å². The third-order valence-corrected chi connectivity index (χ3v) is 20.0. The van der Waals surface area contributed by atoms with Gasteiger partial charge in [0.25, 0.3) is 17.1 Å². The van der Waals surface area contributed by atoms with E-state index in [0.29, 0.717) is 0 Å². The van der Waals surface area contributed by atoms with Crippen molar-refractivity contribution in [2.75, 3.05) is 58.4 Å². The molecule has 3 fully saturated rings. The number of aromatic nitrogens is 10. The zero-order chi connectivity index (χ0) is 55.6. The summed E-state index contributed by atoms with van der Waals surface area (Å²) in [5.74, 6) is -3.99. The van der Waals surface area contributed by atoms with Crippen LogP contribution in [0.3, 0.4) is 0 Å². The number of fused-ring (bicyclic) bond motifs is 2. The number of aliphatic hydroxyl groups excluding tert-OH is 3. The van der Waals surface area contributed by atoms with Gasteiger partial charge in [-0.1, -0.05) is 4.98 Å². The minimum atomic E-state index is -5.91. The predicted octanol–water partition coefficient (Wildman–Crippen LogP) is -4.59. The standard InChI is InChI=1S/C36H51N13O23P4/c1-45(2)20(51)7-15-16(69-32(23(15)52)49-13-46(3)22-30(49)43-35(38)44-31(22)55)8-66-73(57,58)14-74(59,60)72-76(63,64)68-10-18-27(26(65-4)34(71-18)48-12-41-21-28(37)39-11-40-29(21)48)75(61,62)67-9-17-24(53)25(54)33(70-17)47-6-5-19(50)42-36(47)56/h5-6,11-13,15-18,23-27,32-34,52-54H,7-10,14H2,1-4H3,(H9-,37,38,39,40,42,43,44,50,55,56,57,58,59,60,61,62,63,64)/t15-,16-,17-,18-,23-,24-,25-,26-,27-,32?,33-,34-/m1/s1. The highest BCUT2D eigenvalue weighted by molar-refractivity contribution is 7.74. The molecule has 12 N–H and O–H groups in total. The van der Waals surface area contributed by atoms with Gasteiger partial charge in [0.15, 0.2) is 36.2 Å². The second kappa shape index (κ2) is 21.7. The number of aryl methyl sites for hydroxylation is 1. The van der Waals surface area contributed by atoms with Crippen LogP contribution in [0.2, 0.25) is 0 Å². The maximum atomic E-state index is 14.2. The van der Waals surface area contributed by atoms with E-state index in [0.717, 1.165) is 41.2 Å². The molecule has 0 aliphatic carbocycles. The number of methoxy groups -OCH3 is 1. The fraction of sp³-hybridized carbons (Fsp3) is 0.583. The second-order valence-corrected chi connectivity index (χ2v) is 25.5. The highest BCUT2D eigenvalue weighted by Gasteiger charge is 2.55. The third kappa shape index (κ3) is 11.7. The van der Waals surface area contributed by atoms with Crippen molar-refractivity contribution in [1.82, 2.24) is 48.5 Å². The van der Waals surface area contributed by atoms with Gasteiger partial charge >= 0.3 is 34.4 Å². The summed E-state index contributed by atoms with van der Waals surface area (Å²) >= 11 is 0. The number of amides is 1. The minimum Gasteiger partial charge on any atom is -0.778 e. The topological polar surface area (TPSA) is 512 Å². The molecule has 1 amide bonds. The van der Waals surface area contributed by atoms with Crippen molar-refractivity contribution in [2.24, 2.45) is 13.0 Å². The number of anilines is 2. The average molecular weight is 1160 g/mol. The van der Waals surface area contributed by atoms with Gasteiger partial charge in [0, 0.05) is 45.8 Å². The first-order chi connectivity index (χ1) is 35.5. The molecule has 8 rings (SSSR count). The zero-order valence-electron chi connectivity index (χ0n) is 39.9.